The predicted molar refractivity (Wildman–Crippen MR) is 99.4 cm³/mol. The Kier molecular flexibility index (Phi) is 5.98. The molecule has 146 valence electrons. The molecule has 0 saturated heterocycles. The van der Waals surface area contributed by atoms with Gasteiger partial charge in [0, 0.05) is 6.04 Å². The van der Waals surface area contributed by atoms with Gasteiger partial charge in [-0.15, -0.1) is 0 Å². The smallest absolute Gasteiger partial charge is 0.326 e. The number of benzene rings is 1. The van der Waals surface area contributed by atoms with Gasteiger partial charge in [-0.3, -0.25) is 19.3 Å². The summed E-state index contributed by atoms with van der Waals surface area (Å²) in [5, 5.41) is 2.98. The minimum absolute atomic E-state index is 0.125. The molecule has 1 atom stereocenters. The highest BCUT2D eigenvalue weighted by Gasteiger charge is 2.32. The number of anilines is 1. The maximum Gasteiger partial charge on any atom is 0.326 e. The summed E-state index contributed by atoms with van der Waals surface area (Å²) in [7, 11) is 0. The van der Waals surface area contributed by atoms with Crippen molar-refractivity contribution < 1.29 is 23.9 Å². The predicted octanol–water partition coefficient (Wildman–Crippen LogP) is 2.04. The number of nitrogens with one attached hydrogen (secondary N) is 1. The second-order valence-corrected chi connectivity index (χ2v) is 7.38. The van der Waals surface area contributed by atoms with E-state index in [-0.39, 0.29) is 36.9 Å². The Morgan fingerprint density at radius 1 is 1.26 bits per heavy atom. The fourth-order valence-electron chi connectivity index (χ4n) is 3.48. The van der Waals surface area contributed by atoms with Gasteiger partial charge in [0.1, 0.15) is 12.3 Å². The fourth-order valence-corrected chi connectivity index (χ4v) is 3.48. The standard InChI is InChI=1S/C20H26N2O5/c1-13(2)19(20(25)21-14-7-3-4-8-14)27-18(24)11-22-15-9-5-6-10-16(15)26-12-17(22)23/h5-6,9-10,13-14,19H,3-4,7-8,11-12H2,1-2H3,(H,21,25)/t19-/m0/s1. The Bertz CT molecular complexity index is 712. The number of rotatable bonds is 6. The van der Waals surface area contributed by atoms with Crippen LogP contribution >= 0.6 is 0 Å². The van der Waals surface area contributed by atoms with Gasteiger partial charge in [0.25, 0.3) is 11.8 Å². The van der Waals surface area contributed by atoms with Crippen LogP contribution in [-0.4, -0.2) is 43.1 Å². The lowest BCUT2D eigenvalue weighted by molar-refractivity contribution is -0.158. The van der Waals surface area contributed by atoms with Gasteiger partial charge >= 0.3 is 5.97 Å². The summed E-state index contributed by atoms with van der Waals surface area (Å²) < 4.78 is 10.8. The van der Waals surface area contributed by atoms with Crippen molar-refractivity contribution in [2.45, 2.75) is 51.7 Å². The summed E-state index contributed by atoms with van der Waals surface area (Å²) in [5.41, 5.74) is 0.530. The molecule has 7 nitrogen and oxygen atoms in total. The van der Waals surface area contributed by atoms with Crippen LogP contribution in [0.1, 0.15) is 39.5 Å². The summed E-state index contributed by atoms with van der Waals surface area (Å²) in [5.74, 6) is -0.811. The zero-order valence-electron chi connectivity index (χ0n) is 15.8. The fraction of sp³-hybridized carbons (Fsp3) is 0.550. The third kappa shape index (κ3) is 4.59. The van der Waals surface area contributed by atoms with Crippen LogP contribution in [0.3, 0.4) is 0 Å². The van der Waals surface area contributed by atoms with E-state index in [2.05, 4.69) is 5.32 Å². The Balaban J connectivity index is 1.64. The number of carbonyl (C=O) groups is 3. The number of amides is 2. The molecule has 1 aromatic carbocycles. The number of hydrogen-bond acceptors (Lipinski definition) is 5. The van der Waals surface area contributed by atoms with E-state index in [9.17, 15) is 14.4 Å². The van der Waals surface area contributed by atoms with E-state index in [0.29, 0.717) is 11.4 Å². The van der Waals surface area contributed by atoms with Gasteiger partial charge in [-0.25, -0.2) is 0 Å². The van der Waals surface area contributed by atoms with E-state index in [0.717, 1.165) is 25.7 Å². The first kappa shape index (κ1) is 19.2. The van der Waals surface area contributed by atoms with Crippen LogP contribution in [0.15, 0.2) is 24.3 Å². The summed E-state index contributed by atoms with van der Waals surface area (Å²) >= 11 is 0. The summed E-state index contributed by atoms with van der Waals surface area (Å²) in [4.78, 5) is 38.6. The maximum absolute atomic E-state index is 12.5. The summed E-state index contributed by atoms with van der Waals surface area (Å²) in [6, 6.07) is 7.18. The zero-order valence-corrected chi connectivity index (χ0v) is 15.8. The van der Waals surface area contributed by atoms with Crippen LogP contribution in [0.25, 0.3) is 0 Å². The SMILES string of the molecule is CC(C)[C@H](OC(=O)CN1C(=O)COc2ccccc21)C(=O)NC1CCCC1. The van der Waals surface area contributed by atoms with E-state index >= 15 is 0 Å². The molecule has 2 amide bonds. The van der Waals surface area contributed by atoms with Crippen LogP contribution in [0, 0.1) is 5.92 Å². The number of ether oxygens (including phenoxy) is 2. The molecule has 1 aromatic rings. The number of fused-ring (bicyclic) bond motifs is 1. The molecule has 0 radical (unpaired) electrons. The van der Waals surface area contributed by atoms with Gasteiger partial charge in [0.15, 0.2) is 12.7 Å². The van der Waals surface area contributed by atoms with Crippen molar-refractivity contribution in [2.24, 2.45) is 5.92 Å². The first-order valence-electron chi connectivity index (χ1n) is 9.47. The molecule has 0 unspecified atom stereocenters. The second-order valence-electron chi connectivity index (χ2n) is 7.38. The maximum atomic E-state index is 12.5. The van der Waals surface area contributed by atoms with Crippen LogP contribution in [0.4, 0.5) is 5.69 Å². The van der Waals surface area contributed by atoms with Gasteiger partial charge in [-0.05, 0) is 30.9 Å². The van der Waals surface area contributed by atoms with Crippen LogP contribution < -0.4 is 15.0 Å². The molecule has 1 saturated carbocycles. The first-order chi connectivity index (χ1) is 13.0. The van der Waals surface area contributed by atoms with Gasteiger partial charge < -0.3 is 14.8 Å². The van der Waals surface area contributed by atoms with Gasteiger partial charge in [0.05, 0.1) is 5.69 Å². The zero-order chi connectivity index (χ0) is 19.4. The molecule has 1 fully saturated rings. The van der Waals surface area contributed by atoms with Crippen LogP contribution in [-0.2, 0) is 19.1 Å². The molecule has 1 N–H and O–H groups in total. The second kappa shape index (κ2) is 8.41. The molecular formula is C20H26N2O5. The highest BCUT2D eigenvalue weighted by molar-refractivity contribution is 6.01. The quantitative estimate of drug-likeness (QED) is 0.770. The van der Waals surface area contributed by atoms with E-state index in [4.69, 9.17) is 9.47 Å². The molecule has 7 heteroatoms. The molecule has 0 aromatic heterocycles. The largest absolute Gasteiger partial charge is 0.482 e. The molecule has 1 heterocycles. The van der Waals surface area contributed by atoms with Crippen molar-refractivity contribution in [3.8, 4) is 5.75 Å². The number of carbonyl (C=O) groups excluding carboxylic acids is 3. The molecule has 1 aliphatic carbocycles. The van der Waals surface area contributed by atoms with Gasteiger partial charge in [0.2, 0.25) is 0 Å². The highest BCUT2D eigenvalue weighted by Crippen LogP contribution is 2.31. The molecule has 2 aliphatic rings. The molecule has 1 aliphatic heterocycles. The third-order valence-corrected chi connectivity index (χ3v) is 4.92. The average molecular weight is 374 g/mol. The third-order valence-electron chi connectivity index (χ3n) is 4.92. The first-order valence-corrected chi connectivity index (χ1v) is 9.47. The lowest BCUT2D eigenvalue weighted by atomic mass is 10.1. The average Bonchev–Trinajstić information content (AvgIpc) is 3.14. The number of para-hydroxylation sites is 2. The number of nitrogens with zero attached hydrogens (tertiary/aromatic N) is 1. The molecule has 0 spiro atoms. The Morgan fingerprint density at radius 3 is 2.67 bits per heavy atom. The minimum Gasteiger partial charge on any atom is -0.482 e. The lowest BCUT2D eigenvalue weighted by Crippen LogP contribution is -2.47. The van der Waals surface area contributed by atoms with Crippen molar-refractivity contribution in [3.63, 3.8) is 0 Å². The van der Waals surface area contributed by atoms with Crippen molar-refractivity contribution in [1.82, 2.24) is 5.32 Å². The monoisotopic (exact) mass is 374 g/mol. The number of hydrogen-bond donors (Lipinski definition) is 1. The van der Waals surface area contributed by atoms with E-state index in [1.54, 1.807) is 24.3 Å². The normalized spacial score (nSPS) is 18.0. The Morgan fingerprint density at radius 2 is 1.96 bits per heavy atom. The summed E-state index contributed by atoms with van der Waals surface area (Å²) in [6.45, 7) is 3.29. The molecule has 3 rings (SSSR count). The van der Waals surface area contributed by atoms with E-state index < -0.39 is 12.1 Å². The highest BCUT2D eigenvalue weighted by atomic mass is 16.5. The van der Waals surface area contributed by atoms with Crippen LogP contribution in [0.5, 0.6) is 5.75 Å². The van der Waals surface area contributed by atoms with Crippen LogP contribution in [0.2, 0.25) is 0 Å². The van der Waals surface area contributed by atoms with Crippen molar-refractivity contribution >= 4 is 23.5 Å². The Labute approximate surface area is 159 Å². The van der Waals surface area contributed by atoms with Crippen molar-refractivity contribution in [1.29, 1.82) is 0 Å². The van der Waals surface area contributed by atoms with E-state index in [1.165, 1.54) is 4.90 Å². The number of esters is 1. The lowest BCUT2D eigenvalue weighted by Gasteiger charge is -2.29. The molecular weight excluding hydrogens is 348 g/mol. The van der Waals surface area contributed by atoms with Crippen molar-refractivity contribution in [3.05, 3.63) is 24.3 Å². The van der Waals surface area contributed by atoms with Gasteiger partial charge in [-0.2, -0.15) is 0 Å². The van der Waals surface area contributed by atoms with Gasteiger partial charge in [-0.1, -0.05) is 38.8 Å². The van der Waals surface area contributed by atoms with Crippen molar-refractivity contribution in [2.75, 3.05) is 18.1 Å². The van der Waals surface area contributed by atoms with E-state index in [1.807, 2.05) is 13.8 Å². The Hall–Kier alpha value is -2.57. The topological polar surface area (TPSA) is 84.9 Å². The summed E-state index contributed by atoms with van der Waals surface area (Å²) in [6.07, 6.45) is 3.27. The molecule has 27 heavy (non-hydrogen) atoms. The minimum atomic E-state index is -0.871. The molecule has 0 bridgehead atoms.